The van der Waals surface area contributed by atoms with Crippen LogP contribution in [0.2, 0.25) is 0 Å². The van der Waals surface area contributed by atoms with Crippen molar-refractivity contribution in [2.75, 3.05) is 0 Å². The lowest BCUT2D eigenvalue weighted by atomic mass is 9.99. The Hall–Kier alpha value is -2.00. The average molecular weight is 240 g/mol. The van der Waals surface area contributed by atoms with Gasteiger partial charge in [-0.05, 0) is 37.5 Å². The summed E-state index contributed by atoms with van der Waals surface area (Å²) in [5.41, 5.74) is 0.592. The fourth-order valence-electron chi connectivity index (χ4n) is 2.38. The fraction of sp³-hybridized carbons (Fsp3) is 0.467. The van der Waals surface area contributed by atoms with Crippen LogP contribution in [-0.2, 0) is 0 Å². The summed E-state index contributed by atoms with van der Waals surface area (Å²) in [7, 11) is 0. The predicted octanol–water partition coefficient (Wildman–Crippen LogP) is 3.41. The molecule has 0 spiro atoms. The highest BCUT2D eigenvalue weighted by atomic mass is 16.5. The van der Waals surface area contributed by atoms with E-state index in [0.717, 1.165) is 25.7 Å². The first-order chi connectivity index (χ1) is 8.83. The van der Waals surface area contributed by atoms with Crippen molar-refractivity contribution < 1.29 is 4.74 Å². The van der Waals surface area contributed by atoms with Gasteiger partial charge in [0.25, 0.3) is 0 Å². The van der Waals surface area contributed by atoms with Crippen molar-refractivity contribution in [1.29, 1.82) is 10.5 Å². The summed E-state index contributed by atoms with van der Waals surface area (Å²) in [6.45, 7) is 0. The molecule has 1 aliphatic carbocycles. The van der Waals surface area contributed by atoms with Crippen LogP contribution in [0.4, 0.5) is 0 Å². The summed E-state index contributed by atoms with van der Waals surface area (Å²) in [4.78, 5) is 0. The molecule has 3 heteroatoms. The highest BCUT2D eigenvalue weighted by molar-refractivity contribution is 5.36. The number of hydrogen-bond donors (Lipinski definition) is 0. The number of rotatable bonds is 2. The first-order valence-corrected chi connectivity index (χ1v) is 6.40. The van der Waals surface area contributed by atoms with Gasteiger partial charge in [0.2, 0.25) is 0 Å². The highest BCUT2D eigenvalue weighted by Crippen LogP contribution is 2.27. The molecule has 18 heavy (non-hydrogen) atoms. The molecule has 1 aromatic carbocycles. The second kappa shape index (κ2) is 6.07. The first-order valence-electron chi connectivity index (χ1n) is 6.40. The molecule has 0 amide bonds. The molecule has 0 saturated heterocycles. The maximum Gasteiger partial charge on any atom is 0.121 e. The minimum absolute atomic E-state index is 0.0294. The maximum absolute atomic E-state index is 9.18. The molecule has 2 atom stereocenters. The molecular weight excluding hydrogens is 224 g/mol. The normalized spacial score (nSPS) is 23.4. The van der Waals surface area contributed by atoms with Crippen LogP contribution in [0.1, 0.15) is 37.7 Å². The first kappa shape index (κ1) is 12.5. The second-order valence-corrected chi connectivity index (χ2v) is 4.67. The summed E-state index contributed by atoms with van der Waals surface area (Å²) in [5, 5.41) is 18.0. The smallest absolute Gasteiger partial charge is 0.121 e. The molecule has 2 rings (SSSR count). The van der Waals surface area contributed by atoms with Crippen molar-refractivity contribution in [3.05, 3.63) is 29.8 Å². The predicted molar refractivity (Wildman–Crippen MR) is 67.8 cm³/mol. The van der Waals surface area contributed by atoms with E-state index in [0.29, 0.717) is 11.3 Å². The number of nitrogens with zero attached hydrogens (tertiary/aromatic N) is 2. The van der Waals surface area contributed by atoms with Gasteiger partial charge in [-0.2, -0.15) is 10.5 Å². The lowest BCUT2D eigenvalue weighted by Crippen LogP contribution is -2.24. The number of benzene rings is 1. The Morgan fingerprint density at radius 2 is 1.94 bits per heavy atom. The number of nitriles is 2. The standard InChI is InChI=1S/C15H16N2O/c16-10-12-5-4-7-14(9-12)18-15-8-3-1-2-6-13(15)11-17/h4-5,7,9,13,15H,1-3,6,8H2. The van der Waals surface area contributed by atoms with Gasteiger partial charge in [0.1, 0.15) is 11.9 Å². The zero-order valence-electron chi connectivity index (χ0n) is 10.3. The average Bonchev–Trinajstić information content (AvgIpc) is 2.64. The van der Waals surface area contributed by atoms with Gasteiger partial charge >= 0.3 is 0 Å². The number of hydrogen-bond acceptors (Lipinski definition) is 3. The molecule has 1 aliphatic rings. The molecule has 1 saturated carbocycles. The van der Waals surface area contributed by atoms with Crippen molar-refractivity contribution in [1.82, 2.24) is 0 Å². The maximum atomic E-state index is 9.18. The minimum atomic E-state index is -0.0357. The fourth-order valence-corrected chi connectivity index (χ4v) is 2.38. The van der Waals surface area contributed by atoms with Gasteiger partial charge in [-0.25, -0.2) is 0 Å². The van der Waals surface area contributed by atoms with Gasteiger partial charge in [-0.3, -0.25) is 0 Å². The van der Waals surface area contributed by atoms with Gasteiger partial charge in [-0.15, -0.1) is 0 Å². The summed E-state index contributed by atoms with van der Waals surface area (Å²) >= 11 is 0. The van der Waals surface area contributed by atoms with E-state index in [4.69, 9.17) is 10.00 Å². The van der Waals surface area contributed by atoms with Crippen molar-refractivity contribution in [2.45, 2.75) is 38.2 Å². The molecule has 0 aliphatic heterocycles. The van der Waals surface area contributed by atoms with Gasteiger partial charge in [0.05, 0.1) is 23.6 Å². The Labute approximate surface area is 108 Å². The molecule has 92 valence electrons. The topological polar surface area (TPSA) is 56.8 Å². The van der Waals surface area contributed by atoms with Crippen LogP contribution in [-0.4, -0.2) is 6.10 Å². The van der Waals surface area contributed by atoms with E-state index in [2.05, 4.69) is 12.1 Å². The number of ether oxygens (including phenoxy) is 1. The van der Waals surface area contributed by atoms with E-state index in [1.807, 2.05) is 12.1 Å². The Bertz CT molecular complexity index is 484. The molecule has 2 unspecified atom stereocenters. The van der Waals surface area contributed by atoms with Gasteiger partial charge in [0.15, 0.2) is 0 Å². The Kier molecular flexibility index (Phi) is 4.20. The minimum Gasteiger partial charge on any atom is -0.489 e. The molecule has 0 radical (unpaired) electrons. The zero-order valence-corrected chi connectivity index (χ0v) is 10.3. The third kappa shape index (κ3) is 3.02. The summed E-state index contributed by atoms with van der Waals surface area (Å²) in [6, 6.07) is 11.6. The summed E-state index contributed by atoms with van der Waals surface area (Å²) < 4.78 is 5.91. The molecule has 0 heterocycles. The van der Waals surface area contributed by atoms with Crippen LogP contribution in [0.5, 0.6) is 5.75 Å². The Balaban J connectivity index is 2.11. The van der Waals surface area contributed by atoms with E-state index >= 15 is 0 Å². The van der Waals surface area contributed by atoms with E-state index in [1.165, 1.54) is 6.42 Å². The quantitative estimate of drug-likeness (QED) is 0.744. The van der Waals surface area contributed by atoms with Crippen LogP contribution in [0.25, 0.3) is 0 Å². The second-order valence-electron chi connectivity index (χ2n) is 4.67. The molecule has 1 fully saturated rings. The van der Waals surface area contributed by atoms with Crippen molar-refractivity contribution in [3.63, 3.8) is 0 Å². The molecule has 3 nitrogen and oxygen atoms in total. The van der Waals surface area contributed by atoms with Crippen LogP contribution in [0, 0.1) is 28.6 Å². The lowest BCUT2D eigenvalue weighted by Gasteiger charge is -2.21. The zero-order chi connectivity index (χ0) is 12.8. The van der Waals surface area contributed by atoms with Crippen LogP contribution < -0.4 is 4.74 Å². The van der Waals surface area contributed by atoms with Crippen LogP contribution >= 0.6 is 0 Å². The summed E-state index contributed by atoms with van der Waals surface area (Å²) in [6.07, 6.45) is 5.20. The summed E-state index contributed by atoms with van der Waals surface area (Å²) in [5.74, 6) is 0.666. The van der Waals surface area contributed by atoms with E-state index < -0.39 is 0 Å². The highest BCUT2D eigenvalue weighted by Gasteiger charge is 2.25. The third-order valence-corrected chi connectivity index (χ3v) is 3.37. The van der Waals surface area contributed by atoms with Crippen LogP contribution in [0.3, 0.4) is 0 Å². The van der Waals surface area contributed by atoms with E-state index in [9.17, 15) is 5.26 Å². The molecule has 0 aromatic heterocycles. The third-order valence-electron chi connectivity index (χ3n) is 3.37. The lowest BCUT2D eigenvalue weighted by molar-refractivity contribution is 0.152. The largest absolute Gasteiger partial charge is 0.489 e. The molecular formula is C15H16N2O. The monoisotopic (exact) mass is 240 g/mol. The molecule has 1 aromatic rings. The van der Waals surface area contributed by atoms with Crippen molar-refractivity contribution in [3.8, 4) is 17.9 Å². The van der Waals surface area contributed by atoms with Gasteiger partial charge < -0.3 is 4.74 Å². The van der Waals surface area contributed by atoms with Gasteiger partial charge in [-0.1, -0.05) is 18.9 Å². The van der Waals surface area contributed by atoms with Crippen LogP contribution in [0.15, 0.2) is 24.3 Å². The molecule has 0 N–H and O–H groups in total. The van der Waals surface area contributed by atoms with Crippen molar-refractivity contribution >= 4 is 0 Å². The molecule has 0 bridgehead atoms. The Morgan fingerprint density at radius 1 is 1.11 bits per heavy atom. The van der Waals surface area contributed by atoms with E-state index in [-0.39, 0.29) is 12.0 Å². The van der Waals surface area contributed by atoms with Gasteiger partial charge in [0, 0.05) is 0 Å². The van der Waals surface area contributed by atoms with E-state index in [1.54, 1.807) is 12.1 Å². The van der Waals surface area contributed by atoms with Crippen molar-refractivity contribution in [2.24, 2.45) is 5.92 Å². The Morgan fingerprint density at radius 3 is 2.72 bits per heavy atom. The SMILES string of the molecule is N#Cc1cccc(OC2CCCCCC2C#N)c1.